The summed E-state index contributed by atoms with van der Waals surface area (Å²) >= 11 is 0. The standard InChI is InChI=1S/C22H23N3O4/c1-22(2,3)17-11-9-15(10-12-17)20(27)23-13-19(26)28-14-18-24-25-21(29-18)16-7-5-4-6-8-16/h4-12H,13-14H2,1-3H3,(H,23,27). The van der Waals surface area contributed by atoms with Crippen molar-refractivity contribution < 1.29 is 18.7 Å². The van der Waals surface area contributed by atoms with Crippen LogP contribution in [0.1, 0.15) is 42.6 Å². The second kappa shape index (κ2) is 8.68. The normalized spacial score (nSPS) is 11.1. The fraction of sp³-hybridized carbons (Fsp3) is 0.273. The Balaban J connectivity index is 1.46. The number of carbonyl (C=O) groups is 2. The average molecular weight is 393 g/mol. The van der Waals surface area contributed by atoms with Gasteiger partial charge < -0.3 is 14.5 Å². The van der Waals surface area contributed by atoms with Crippen LogP contribution in [0.3, 0.4) is 0 Å². The van der Waals surface area contributed by atoms with Gasteiger partial charge in [-0.3, -0.25) is 9.59 Å². The lowest BCUT2D eigenvalue weighted by Gasteiger charge is -2.19. The molecule has 0 bridgehead atoms. The second-order valence-electron chi connectivity index (χ2n) is 7.54. The van der Waals surface area contributed by atoms with Crippen molar-refractivity contribution in [1.29, 1.82) is 0 Å². The lowest BCUT2D eigenvalue weighted by atomic mass is 9.87. The fourth-order valence-corrected chi connectivity index (χ4v) is 2.58. The van der Waals surface area contributed by atoms with Crippen LogP contribution < -0.4 is 5.32 Å². The molecule has 1 N–H and O–H groups in total. The lowest BCUT2D eigenvalue weighted by molar-refractivity contribution is -0.144. The molecule has 7 nitrogen and oxygen atoms in total. The van der Waals surface area contributed by atoms with Gasteiger partial charge in [-0.1, -0.05) is 51.1 Å². The van der Waals surface area contributed by atoms with Gasteiger partial charge in [0.1, 0.15) is 6.54 Å². The Hall–Kier alpha value is -3.48. The number of ether oxygens (including phenoxy) is 1. The molecule has 0 spiro atoms. The molecule has 0 aliphatic heterocycles. The van der Waals surface area contributed by atoms with Gasteiger partial charge in [-0.15, -0.1) is 10.2 Å². The van der Waals surface area contributed by atoms with Gasteiger partial charge in [-0.2, -0.15) is 0 Å². The number of hydrogen-bond acceptors (Lipinski definition) is 6. The Kier molecular flexibility index (Phi) is 6.07. The summed E-state index contributed by atoms with van der Waals surface area (Å²) in [7, 11) is 0. The maximum Gasteiger partial charge on any atom is 0.325 e. The van der Waals surface area contributed by atoms with Crippen LogP contribution >= 0.6 is 0 Å². The van der Waals surface area contributed by atoms with Crippen LogP contribution in [-0.2, 0) is 21.6 Å². The molecule has 1 heterocycles. The molecule has 0 radical (unpaired) electrons. The van der Waals surface area contributed by atoms with Gasteiger partial charge in [0.2, 0.25) is 5.89 Å². The van der Waals surface area contributed by atoms with Crippen molar-refractivity contribution in [2.75, 3.05) is 6.54 Å². The monoisotopic (exact) mass is 393 g/mol. The van der Waals surface area contributed by atoms with Gasteiger partial charge in [-0.05, 0) is 35.2 Å². The van der Waals surface area contributed by atoms with Crippen molar-refractivity contribution >= 4 is 11.9 Å². The molecule has 0 atom stereocenters. The number of benzene rings is 2. The van der Waals surface area contributed by atoms with Crippen LogP contribution in [0.5, 0.6) is 0 Å². The highest BCUT2D eigenvalue weighted by molar-refractivity contribution is 5.95. The summed E-state index contributed by atoms with van der Waals surface area (Å²) in [5, 5.41) is 10.3. The predicted molar refractivity (Wildman–Crippen MR) is 107 cm³/mol. The summed E-state index contributed by atoms with van der Waals surface area (Å²) in [4.78, 5) is 24.1. The van der Waals surface area contributed by atoms with Crippen molar-refractivity contribution in [2.24, 2.45) is 0 Å². The predicted octanol–water partition coefficient (Wildman–Crippen LogP) is 3.51. The van der Waals surface area contributed by atoms with Crippen LogP contribution in [0.2, 0.25) is 0 Å². The van der Waals surface area contributed by atoms with E-state index in [9.17, 15) is 9.59 Å². The minimum Gasteiger partial charge on any atom is -0.454 e. The Bertz CT molecular complexity index is 973. The third-order valence-electron chi connectivity index (χ3n) is 4.25. The highest BCUT2D eigenvalue weighted by Gasteiger charge is 2.15. The first-order valence-electron chi connectivity index (χ1n) is 9.25. The summed E-state index contributed by atoms with van der Waals surface area (Å²) in [5.74, 6) is -0.402. The van der Waals surface area contributed by atoms with Crippen molar-refractivity contribution in [2.45, 2.75) is 32.8 Å². The van der Waals surface area contributed by atoms with Crippen molar-refractivity contribution in [1.82, 2.24) is 15.5 Å². The summed E-state index contributed by atoms with van der Waals surface area (Å²) in [6.07, 6.45) is 0. The van der Waals surface area contributed by atoms with E-state index in [1.54, 1.807) is 12.1 Å². The van der Waals surface area contributed by atoms with E-state index >= 15 is 0 Å². The second-order valence-corrected chi connectivity index (χ2v) is 7.54. The van der Waals surface area contributed by atoms with Gasteiger partial charge in [0.25, 0.3) is 11.8 Å². The van der Waals surface area contributed by atoms with Gasteiger partial charge >= 0.3 is 5.97 Å². The minimum atomic E-state index is -0.593. The molecular formula is C22H23N3O4. The molecule has 0 unspecified atom stereocenters. The van der Waals surface area contributed by atoms with E-state index in [1.807, 2.05) is 42.5 Å². The van der Waals surface area contributed by atoms with Crippen LogP contribution in [0.4, 0.5) is 0 Å². The first-order valence-corrected chi connectivity index (χ1v) is 9.25. The highest BCUT2D eigenvalue weighted by Crippen LogP contribution is 2.22. The van der Waals surface area contributed by atoms with Gasteiger partial charge in [0.15, 0.2) is 6.61 Å². The zero-order valence-corrected chi connectivity index (χ0v) is 16.6. The van der Waals surface area contributed by atoms with Crippen molar-refractivity contribution in [3.05, 3.63) is 71.6 Å². The van der Waals surface area contributed by atoms with E-state index in [4.69, 9.17) is 9.15 Å². The van der Waals surface area contributed by atoms with Crippen LogP contribution in [0, 0.1) is 0 Å². The molecule has 150 valence electrons. The van der Waals surface area contributed by atoms with Gasteiger partial charge in [0, 0.05) is 11.1 Å². The van der Waals surface area contributed by atoms with E-state index in [0.29, 0.717) is 11.5 Å². The zero-order valence-electron chi connectivity index (χ0n) is 16.6. The van der Waals surface area contributed by atoms with E-state index in [1.165, 1.54) is 0 Å². The number of esters is 1. The smallest absolute Gasteiger partial charge is 0.325 e. The maximum absolute atomic E-state index is 12.2. The zero-order chi connectivity index (χ0) is 20.9. The summed E-state index contributed by atoms with van der Waals surface area (Å²) in [6, 6.07) is 16.6. The number of aromatic nitrogens is 2. The molecule has 0 saturated carbocycles. The Morgan fingerprint density at radius 1 is 1.00 bits per heavy atom. The van der Waals surface area contributed by atoms with Crippen LogP contribution in [0.25, 0.3) is 11.5 Å². The Morgan fingerprint density at radius 3 is 2.34 bits per heavy atom. The van der Waals surface area contributed by atoms with Crippen molar-refractivity contribution in [3.63, 3.8) is 0 Å². The first-order chi connectivity index (χ1) is 13.8. The van der Waals surface area contributed by atoms with Gasteiger partial charge in [0.05, 0.1) is 0 Å². The molecule has 0 aliphatic rings. The third kappa shape index (κ3) is 5.51. The Labute approximate surface area is 169 Å². The summed E-state index contributed by atoms with van der Waals surface area (Å²) < 4.78 is 10.5. The molecule has 0 fully saturated rings. The molecule has 2 aromatic carbocycles. The molecule has 3 rings (SSSR count). The van der Waals surface area contributed by atoms with E-state index < -0.39 is 5.97 Å². The largest absolute Gasteiger partial charge is 0.454 e. The quantitative estimate of drug-likeness (QED) is 0.644. The first kappa shape index (κ1) is 20.3. The number of rotatable bonds is 6. The maximum atomic E-state index is 12.2. The van der Waals surface area contributed by atoms with Crippen molar-refractivity contribution in [3.8, 4) is 11.5 Å². The number of nitrogens with zero attached hydrogens (tertiary/aromatic N) is 2. The molecule has 1 aromatic heterocycles. The molecule has 1 amide bonds. The summed E-state index contributed by atoms with van der Waals surface area (Å²) in [6.45, 7) is 5.90. The van der Waals surface area contributed by atoms with E-state index in [2.05, 4.69) is 36.3 Å². The number of nitrogens with one attached hydrogen (secondary N) is 1. The molecular weight excluding hydrogens is 370 g/mol. The number of hydrogen-bond donors (Lipinski definition) is 1. The Morgan fingerprint density at radius 2 is 1.69 bits per heavy atom. The summed E-state index contributed by atoms with van der Waals surface area (Å²) in [5.41, 5.74) is 2.40. The van der Waals surface area contributed by atoms with Crippen LogP contribution in [0.15, 0.2) is 59.0 Å². The number of amides is 1. The minimum absolute atomic E-state index is 0.00787. The fourth-order valence-electron chi connectivity index (χ4n) is 2.58. The average Bonchev–Trinajstić information content (AvgIpc) is 3.20. The lowest BCUT2D eigenvalue weighted by Crippen LogP contribution is -2.30. The molecule has 29 heavy (non-hydrogen) atoms. The third-order valence-corrected chi connectivity index (χ3v) is 4.25. The molecule has 0 saturated heterocycles. The highest BCUT2D eigenvalue weighted by atomic mass is 16.5. The SMILES string of the molecule is CC(C)(C)c1ccc(C(=O)NCC(=O)OCc2nnc(-c3ccccc3)o2)cc1. The van der Waals surface area contributed by atoms with E-state index in [-0.39, 0.29) is 30.4 Å². The topological polar surface area (TPSA) is 94.3 Å². The van der Waals surface area contributed by atoms with Gasteiger partial charge in [-0.25, -0.2) is 0 Å². The van der Waals surface area contributed by atoms with Crippen LogP contribution in [-0.4, -0.2) is 28.6 Å². The molecule has 3 aromatic rings. The molecule has 7 heteroatoms. The number of carbonyl (C=O) groups excluding carboxylic acids is 2. The van der Waals surface area contributed by atoms with E-state index in [0.717, 1.165) is 11.1 Å². The molecule has 0 aliphatic carbocycles.